The molecule has 0 unspecified atom stereocenters. The second kappa shape index (κ2) is 9.96. The molecule has 5 nitrogen and oxygen atoms in total. The first kappa shape index (κ1) is 23.8. The van der Waals surface area contributed by atoms with Crippen molar-refractivity contribution in [2.24, 2.45) is 0 Å². The molecule has 0 N–H and O–H groups in total. The average molecular weight is 493 g/mol. The zero-order valence-corrected chi connectivity index (χ0v) is 20.7. The highest BCUT2D eigenvalue weighted by molar-refractivity contribution is 6.30. The van der Waals surface area contributed by atoms with Crippen molar-refractivity contribution in [2.45, 2.75) is 31.2 Å². The van der Waals surface area contributed by atoms with Crippen LogP contribution in [0.25, 0.3) is 0 Å². The van der Waals surface area contributed by atoms with Gasteiger partial charge in [0, 0.05) is 43.1 Å². The van der Waals surface area contributed by atoms with Crippen molar-refractivity contribution >= 4 is 29.0 Å². The van der Waals surface area contributed by atoms with Crippen LogP contribution in [0, 0.1) is 5.82 Å². The van der Waals surface area contributed by atoms with Crippen LogP contribution in [0.4, 0.5) is 15.9 Å². The van der Waals surface area contributed by atoms with E-state index in [4.69, 9.17) is 16.6 Å². The van der Waals surface area contributed by atoms with Crippen LogP contribution in [0.1, 0.15) is 30.4 Å². The lowest BCUT2D eigenvalue weighted by molar-refractivity contribution is -0.127. The number of rotatable bonds is 6. The van der Waals surface area contributed by atoms with Gasteiger partial charge in [-0.25, -0.2) is 9.37 Å². The number of pyridine rings is 1. The molecule has 1 aliphatic heterocycles. The SMILES string of the molecule is CN1CCN(c2ccc(CN(C(=O)C3(c4ccc(Cl)cc4)CCC3)c3ccc(F)cc3)cn2)CC1. The van der Waals surface area contributed by atoms with Gasteiger partial charge in [0.05, 0.1) is 12.0 Å². The number of hydrogen-bond acceptors (Lipinski definition) is 4. The maximum Gasteiger partial charge on any atom is 0.237 e. The lowest BCUT2D eigenvalue weighted by Crippen LogP contribution is -2.51. The molecule has 0 spiro atoms. The van der Waals surface area contributed by atoms with Gasteiger partial charge in [-0.2, -0.15) is 0 Å². The standard InChI is InChI=1S/C28H30ClFN4O/c1-32-15-17-33(18-16-32)26-12-3-21(19-31-26)20-34(25-10-8-24(30)9-11-25)27(35)28(13-2-14-28)22-4-6-23(29)7-5-22/h3-12,19H,2,13-18,20H2,1H3. The minimum Gasteiger partial charge on any atom is -0.354 e. The van der Waals surface area contributed by atoms with Gasteiger partial charge in [-0.3, -0.25) is 4.79 Å². The predicted molar refractivity (Wildman–Crippen MR) is 139 cm³/mol. The Morgan fingerprint density at radius 1 is 1.00 bits per heavy atom. The Labute approximate surface area is 211 Å². The number of piperazine rings is 1. The molecule has 3 aromatic rings. The second-order valence-corrected chi connectivity index (χ2v) is 10.1. The Morgan fingerprint density at radius 2 is 1.69 bits per heavy atom. The van der Waals surface area contributed by atoms with Crippen LogP contribution in [-0.2, 0) is 16.8 Å². The monoisotopic (exact) mass is 492 g/mol. The van der Waals surface area contributed by atoms with E-state index < -0.39 is 5.41 Å². The molecule has 2 aromatic carbocycles. The number of anilines is 2. The number of carbonyl (C=O) groups excluding carboxylic acids is 1. The first-order valence-corrected chi connectivity index (χ1v) is 12.5. The van der Waals surface area contributed by atoms with Crippen molar-refractivity contribution in [3.8, 4) is 0 Å². The number of benzene rings is 2. The first-order chi connectivity index (χ1) is 16.9. The number of aromatic nitrogens is 1. The number of carbonyl (C=O) groups is 1. The molecular weight excluding hydrogens is 463 g/mol. The molecule has 1 aliphatic carbocycles. The highest BCUT2D eigenvalue weighted by Gasteiger charge is 2.48. The largest absolute Gasteiger partial charge is 0.354 e. The average Bonchev–Trinajstić information content (AvgIpc) is 2.84. The lowest BCUT2D eigenvalue weighted by Gasteiger charge is -2.44. The van der Waals surface area contributed by atoms with E-state index in [1.165, 1.54) is 12.1 Å². The Balaban J connectivity index is 1.42. The number of halogens is 2. The van der Waals surface area contributed by atoms with Gasteiger partial charge in [0.1, 0.15) is 11.6 Å². The van der Waals surface area contributed by atoms with Crippen molar-refractivity contribution in [2.75, 3.05) is 43.0 Å². The van der Waals surface area contributed by atoms with Gasteiger partial charge in [-0.15, -0.1) is 0 Å². The summed E-state index contributed by atoms with van der Waals surface area (Å²) < 4.78 is 13.7. The molecule has 0 bridgehead atoms. The van der Waals surface area contributed by atoms with Crippen LogP contribution < -0.4 is 9.80 Å². The third-order valence-corrected chi connectivity index (χ3v) is 7.63. The third-order valence-electron chi connectivity index (χ3n) is 7.37. The zero-order valence-electron chi connectivity index (χ0n) is 20.0. The number of amides is 1. The van der Waals surface area contributed by atoms with Gasteiger partial charge in [-0.1, -0.05) is 36.2 Å². The van der Waals surface area contributed by atoms with Crippen LogP contribution in [0.15, 0.2) is 66.9 Å². The van der Waals surface area contributed by atoms with E-state index in [1.807, 2.05) is 42.6 Å². The Morgan fingerprint density at radius 3 is 2.26 bits per heavy atom. The summed E-state index contributed by atoms with van der Waals surface area (Å²) in [6, 6.07) is 17.8. The van der Waals surface area contributed by atoms with Crippen molar-refractivity contribution in [1.82, 2.24) is 9.88 Å². The number of hydrogen-bond donors (Lipinski definition) is 0. The quantitative estimate of drug-likeness (QED) is 0.469. The van der Waals surface area contributed by atoms with Crippen LogP contribution >= 0.6 is 11.6 Å². The van der Waals surface area contributed by atoms with Gasteiger partial charge < -0.3 is 14.7 Å². The van der Waals surface area contributed by atoms with E-state index >= 15 is 0 Å². The van der Waals surface area contributed by atoms with Crippen molar-refractivity contribution in [3.05, 3.63) is 88.8 Å². The lowest BCUT2D eigenvalue weighted by atomic mass is 9.63. The fourth-order valence-electron chi connectivity index (χ4n) is 5.00. The Bertz CT molecular complexity index is 1160. The third kappa shape index (κ3) is 4.91. The summed E-state index contributed by atoms with van der Waals surface area (Å²) in [6.45, 7) is 4.31. The van der Waals surface area contributed by atoms with E-state index in [1.54, 1.807) is 17.0 Å². The Hall–Kier alpha value is -2.96. The zero-order chi connectivity index (χ0) is 24.4. The fourth-order valence-corrected chi connectivity index (χ4v) is 5.13. The van der Waals surface area contributed by atoms with Crippen LogP contribution in [0.5, 0.6) is 0 Å². The molecule has 1 saturated carbocycles. The molecule has 2 fully saturated rings. The molecule has 1 saturated heterocycles. The maximum atomic E-state index is 14.1. The van der Waals surface area contributed by atoms with E-state index in [0.717, 1.165) is 62.4 Å². The highest BCUT2D eigenvalue weighted by Crippen LogP contribution is 2.46. The molecule has 2 aliphatic rings. The van der Waals surface area contributed by atoms with Gasteiger partial charge in [-0.05, 0) is 73.5 Å². The molecule has 5 rings (SSSR count). The summed E-state index contributed by atoms with van der Waals surface area (Å²) in [6.07, 6.45) is 4.41. The van der Waals surface area contributed by atoms with Crippen molar-refractivity contribution in [1.29, 1.82) is 0 Å². The van der Waals surface area contributed by atoms with Gasteiger partial charge >= 0.3 is 0 Å². The smallest absolute Gasteiger partial charge is 0.237 e. The number of nitrogens with zero attached hydrogens (tertiary/aromatic N) is 4. The summed E-state index contributed by atoms with van der Waals surface area (Å²) in [5, 5.41) is 0.651. The summed E-state index contributed by atoms with van der Waals surface area (Å²) in [5.41, 5.74) is 2.01. The summed E-state index contributed by atoms with van der Waals surface area (Å²) in [5.74, 6) is 0.661. The van der Waals surface area contributed by atoms with Crippen molar-refractivity contribution < 1.29 is 9.18 Å². The molecular formula is C28H30ClFN4O. The van der Waals surface area contributed by atoms with Gasteiger partial charge in [0.15, 0.2) is 0 Å². The summed E-state index contributed by atoms with van der Waals surface area (Å²) >= 11 is 6.12. The second-order valence-electron chi connectivity index (χ2n) is 9.63. The van der Waals surface area contributed by atoms with Crippen molar-refractivity contribution in [3.63, 3.8) is 0 Å². The minimum absolute atomic E-state index is 0.0285. The van der Waals surface area contributed by atoms with Gasteiger partial charge in [0.25, 0.3) is 0 Å². The fraction of sp³-hybridized carbons (Fsp3) is 0.357. The van der Waals surface area contributed by atoms with Crippen LogP contribution in [0.2, 0.25) is 5.02 Å². The highest BCUT2D eigenvalue weighted by atomic mass is 35.5. The normalized spacial score (nSPS) is 17.6. The van der Waals surface area contributed by atoms with Gasteiger partial charge in [0.2, 0.25) is 5.91 Å². The van der Waals surface area contributed by atoms with Crippen LogP contribution in [-0.4, -0.2) is 49.0 Å². The molecule has 7 heteroatoms. The van der Waals surface area contributed by atoms with E-state index in [2.05, 4.69) is 16.8 Å². The molecule has 182 valence electrons. The van der Waals surface area contributed by atoms with Crippen LogP contribution in [0.3, 0.4) is 0 Å². The van der Waals surface area contributed by atoms with E-state index in [9.17, 15) is 9.18 Å². The van der Waals surface area contributed by atoms with E-state index in [-0.39, 0.29) is 11.7 Å². The number of likely N-dealkylation sites (N-methyl/N-ethyl adjacent to an activating group) is 1. The minimum atomic E-state index is -0.591. The molecule has 35 heavy (non-hydrogen) atoms. The summed E-state index contributed by atoms with van der Waals surface area (Å²) in [4.78, 5) is 25.2. The van der Waals surface area contributed by atoms with E-state index in [0.29, 0.717) is 17.3 Å². The predicted octanol–water partition coefficient (Wildman–Crippen LogP) is 5.28. The molecule has 0 radical (unpaired) electrons. The molecule has 2 heterocycles. The summed E-state index contributed by atoms with van der Waals surface area (Å²) in [7, 11) is 2.13. The molecule has 1 amide bonds. The maximum absolute atomic E-state index is 14.1. The topological polar surface area (TPSA) is 39.7 Å². The molecule has 0 atom stereocenters. The molecule has 1 aromatic heterocycles. The Kier molecular flexibility index (Phi) is 6.76. The first-order valence-electron chi connectivity index (χ1n) is 12.2.